The summed E-state index contributed by atoms with van der Waals surface area (Å²) in [5.74, 6) is 0. The first-order valence-corrected chi connectivity index (χ1v) is 4.69. The Morgan fingerprint density at radius 3 is 2.27 bits per heavy atom. The molecule has 0 aromatic heterocycles. The average Bonchev–Trinajstić information content (AvgIpc) is 2.06. The van der Waals surface area contributed by atoms with Gasteiger partial charge in [-0.15, -0.1) is 0 Å². The van der Waals surface area contributed by atoms with E-state index in [1.54, 1.807) is 18.2 Å². The Balaban J connectivity index is 2.83. The molecule has 4 heteroatoms. The van der Waals surface area contributed by atoms with Crippen LogP contribution < -0.4 is 5.73 Å². The molecule has 0 radical (unpaired) electrons. The van der Waals surface area contributed by atoms with E-state index in [1.165, 1.54) is 0 Å². The summed E-state index contributed by atoms with van der Waals surface area (Å²) in [5, 5.41) is 0. The highest BCUT2D eigenvalue weighted by Gasteiger charge is 2.30. The topological polar surface area (TPSA) is 26.0 Å². The molecule has 0 aliphatic rings. The van der Waals surface area contributed by atoms with Crippen LogP contribution in [0.1, 0.15) is 29.2 Å². The number of benzene rings is 1. The minimum absolute atomic E-state index is 0.537. The van der Waals surface area contributed by atoms with Crippen LogP contribution in [0.25, 0.3) is 0 Å². The average molecular weight is 217 g/mol. The fraction of sp³-hybridized carbons (Fsp3) is 0.455. The van der Waals surface area contributed by atoms with Gasteiger partial charge in [0.15, 0.2) is 0 Å². The minimum atomic E-state index is -4.21. The van der Waals surface area contributed by atoms with Gasteiger partial charge >= 0.3 is 6.18 Å². The van der Waals surface area contributed by atoms with Gasteiger partial charge in [0, 0.05) is 6.04 Å². The lowest BCUT2D eigenvalue weighted by molar-refractivity contribution is -0.138. The summed E-state index contributed by atoms with van der Waals surface area (Å²) in [5.41, 5.74) is 8.03. The molecule has 0 amide bonds. The first-order chi connectivity index (χ1) is 6.79. The molecule has 1 unspecified atom stereocenters. The molecule has 15 heavy (non-hydrogen) atoms. The van der Waals surface area contributed by atoms with E-state index in [2.05, 4.69) is 0 Å². The van der Waals surface area contributed by atoms with Crippen molar-refractivity contribution in [3.63, 3.8) is 0 Å². The van der Waals surface area contributed by atoms with Crippen LogP contribution >= 0.6 is 0 Å². The Labute approximate surface area is 87.1 Å². The molecule has 1 atom stereocenters. The third-order valence-electron chi connectivity index (χ3n) is 2.41. The van der Waals surface area contributed by atoms with Gasteiger partial charge in [-0.25, -0.2) is 0 Å². The van der Waals surface area contributed by atoms with Crippen LogP contribution in [0.5, 0.6) is 0 Å². The highest BCUT2D eigenvalue weighted by Crippen LogP contribution is 2.28. The lowest BCUT2D eigenvalue weighted by Gasteiger charge is -2.15. The van der Waals surface area contributed by atoms with E-state index < -0.39 is 18.6 Å². The zero-order chi connectivity index (χ0) is 11.6. The Hall–Kier alpha value is -1.03. The number of aryl methyl sites for hydroxylation is 2. The van der Waals surface area contributed by atoms with Crippen molar-refractivity contribution in [2.45, 2.75) is 32.5 Å². The summed E-state index contributed by atoms with van der Waals surface area (Å²) in [6, 6.07) is 4.19. The van der Waals surface area contributed by atoms with Crippen molar-refractivity contribution in [2.24, 2.45) is 5.73 Å². The molecule has 0 aliphatic heterocycles. The number of alkyl halides is 3. The van der Waals surface area contributed by atoms with Gasteiger partial charge in [0.1, 0.15) is 0 Å². The van der Waals surface area contributed by atoms with Crippen molar-refractivity contribution < 1.29 is 13.2 Å². The molecule has 1 rings (SSSR count). The first kappa shape index (κ1) is 12.0. The fourth-order valence-corrected chi connectivity index (χ4v) is 1.36. The quantitative estimate of drug-likeness (QED) is 0.808. The minimum Gasteiger partial charge on any atom is -0.324 e. The zero-order valence-corrected chi connectivity index (χ0v) is 8.73. The van der Waals surface area contributed by atoms with Crippen LogP contribution in [0.15, 0.2) is 18.2 Å². The standard InChI is InChI=1S/C11H14F3N/c1-7-3-4-9(5-8(7)2)10(15)6-11(12,13)14/h3-5,10H,6,15H2,1-2H3. The normalized spacial score (nSPS) is 14.0. The monoisotopic (exact) mass is 217 g/mol. The van der Waals surface area contributed by atoms with Gasteiger partial charge in [-0.05, 0) is 30.5 Å². The van der Waals surface area contributed by atoms with E-state index in [9.17, 15) is 13.2 Å². The Bertz CT molecular complexity index is 344. The smallest absolute Gasteiger partial charge is 0.324 e. The molecule has 0 saturated carbocycles. The Morgan fingerprint density at radius 1 is 1.20 bits per heavy atom. The van der Waals surface area contributed by atoms with Crippen LogP contribution in [0, 0.1) is 13.8 Å². The van der Waals surface area contributed by atoms with Crippen LogP contribution in [0.3, 0.4) is 0 Å². The predicted molar refractivity (Wildman–Crippen MR) is 53.5 cm³/mol. The van der Waals surface area contributed by atoms with Crippen molar-refractivity contribution in [3.05, 3.63) is 34.9 Å². The van der Waals surface area contributed by atoms with Crippen LogP contribution in [-0.2, 0) is 0 Å². The Kier molecular flexibility index (Phi) is 3.39. The van der Waals surface area contributed by atoms with E-state index in [1.807, 2.05) is 13.8 Å². The lowest BCUT2D eigenvalue weighted by Crippen LogP contribution is -2.20. The predicted octanol–water partition coefficient (Wildman–Crippen LogP) is 3.26. The molecule has 2 N–H and O–H groups in total. The molecule has 0 saturated heterocycles. The summed E-state index contributed by atoms with van der Waals surface area (Å²) >= 11 is 0. The van der Waals surface area contributed by atoms with Gasteiger partial charge in [0.2, 0.25) is 0 Å². The molecular formula is C11H14F3N. The molecular weight excluding hydrogens is 203 g/mol. The molecule has 1 aromatic carbocycles. The van der Waals surface area contributed by atoms with Gasteiger partial charge in [0.05, 0.1) is 6.42 Å². The SMILES string of the molecule is Cc1ccc(C(N)CC(F)(F)F)cc1C. The van der Waals surface area contributed by atoms with Gasteiger partial charge in [0.25, 0.3) is 0 Å². The summed E-state index contributed by atoms with van der Waals surface area (Å²) < 4.78 is 36.3. The first-order valence-electron chi connectivity index (χ1n) is 4.69. The second kappa shape index (κ2) is 4.23. The van der Waals surface area contributed by atoms with E-state index in [0.717, 1.165) is 11.1 Å². The van der Waals surface area contributed by atoms with E-state index in [0.29, 0.717) is 5.56 Å². The highest BCUT2D eigenvalue weighted by atomic mass is 19.4. The van der Waals surface area contributed by atoms with Crippen molar-refractivity contribution in [2.75, 3.05) is 0 Å². The maximum Gasteiger partial charge on any atom is 0.390 e. The second-order valence-corrected chi connectivity index (χ2v) is 3.77. The third kappa shape index (κ3) is 3.55. The fourth-order valence-electron chi connectivity index (χ4n) is 1.36. The zero-order valence-electron chi connectivity index (χ0n) is 8.73. The Morgan fingerprint density at radius 2 is 1.80 bits per heavy atom. The van der Waals surface area contributed by atoms with Crippen molar-refractivity contribution in [1.82, 2.24) is 0 Å². The summed E-state index contributed by atoms with van der Waals surface area (Å²) in [6.07, 6.45) is -5.19. The van der Waals surface area contributed by atoms with Gasteiger partial charge in [-0.2, -0.15) is 13.2 Å². The number of hydrogen-bond donors (Lipinski definition) is 1. The molecule has 0 spiro atoms. The maximum atomic E-state index is 12.1. The number of nitrogens with two attached hydrogens (primary N) is 1. The van der Waals surface area contributed by atoms with E-state index >= 15 is 0 Å². The van der Waals surface area contributed by atoms with Gasteiger partial charge in [-0.3, -0.25) is 0 Å². The van der Waals surface area contributed by atoms with E-state index in [4.69, 9.17) is 5.73 Å². The molecule has 1 nitrogen and oxygen atoms in total. The third-order valence-corrected chi connectivity index (χ3v) is 2.41. The number of rotatable bonds is 2. The maximum absolute atomic E-state index is 12.1. The number of hydrogen-bond acceptors (Lipinski definition) is 1. The second-order valence-electron chi connectivity index (χ2n) is 3.77. The summed E-state index contributed by atoms with van der Waals surface area (Å²) in [4.78, 5) is 0. The molecule has 1 aromatic rings. The lowest BCUT2D eigenvalue weighted by atomic mass is 9.99. The van der Waals surface area contributed by atoms with Crippen LogP contribution in [0.4, 0.5) is 13.2 Å². The van der Waals surface area contributed by atoms with Gasteiger partial charge in [-0.1, -0.05) is 18.2 Å². The van der Waals surface area contributed by atoms with Crippen molar-refractivity contribution in [3.8, 4) is 0 Å². The van der Waals surface area contributed by atoms with Gasteiger partial charge < -0.3 is 5.73 Å². The van der Waals surface area contributed by atoms with Crippen LogP contribution in [-0.4, -0.2) is 6.18 Å². The summed E-state index contributed by atoms with van der Waals surface area (Å²) in [6.45, 7) is 3.77. The van der Waals surface area contributed by atoms with Crippen LogP contribution in [0.2, 0.25) is 0 Å². The van der Waals surface area contributed by atoms with Crippen molar-refractivity contribution in [1.29, 1.82) is 0 Å². The molecule has 0 heterocycles. The largest absolute Gasteiger partial charge is 0.390 e. The molecule has 0 aliphatic carbocycles. The molecule has 0 fully saturated rings. The highest BCUT2D eigenvalue weighted by molar-refractivity contribution is 5.31. The van der Waals surface area contributed by atoms with E-state index in [-0.39, 0.29) is 0 Å². The molecule has 84 valence electrons. The van der Waals surface area contributed by atoms with Crippen molar-refractivity contribution >= 4 is 0 Å². The molecule has 0 bridgehead atoms. The number of halogens is 3. The summed E-state index contributed by atoms with van der Waals surface area (Å²) in [7, 11) is 0.